The molecule has 3 aromatic carbocycles. The van der Waals surface area contributed by atoms with E-state index < -0.39 is 5.97 Å². The van der Waals surface area contributed by atoms with Crippen molar-refractivity contribution in [1.29, 1.82) is 0 Å². The van der Waals surface area contributed by atoms with Crippen LogP contribution in [0.4, 0.5) is 0 Å². The molecule has 0 saturated carbocycles. The Bertz CT molecular complexity index is 932. The Balaban J connectivity index is 1.68. The second-order valence-electron chi connectivity index (χ2n) is 7.17. The van der Waals surface area contributed by atoms with E-state index in [1.807, 2.05) is 30.3 Å². The van der Waals surface area contributed by atoms with Crippen molar-refractivity contribution < 1.29 is 14.6 Å². The molecule has 0 aliphatic rings. The van der Waals surface area contributed by atoms with Gasteiger partial charge < -0.3 is 9.84 Å². The molecular formula is C25H26O3. The maximum absolute atomic E-state index is 11.0. The van der Waals surface area contributed by atoms with E-state index in [0.29, 0.717) is 13.0 Å². The molecule has 1 N–H and O–H groups in total. The zero-order valence-electron chi connectivity index (χ0n) is 16.4. The van der Waals surface area contributed by atoms with Crippen molar-refractivity contribution in [1.82, 2.24) is 0 Å². The predicted molar refractivity (Wildman–Crippen MR) is 113 cm³/mol. The number of carbonyl (C=O) groups is 1. The van der Waals surface area contributed by atoms with Crippen molar-refractivity contribution in [3.8, 4) is 16.9 Å². The van der Waals surface area contributed by atoms with E-state index in [-0.39, 0.29) is 5.92 Å². The lowest BCUT2D eigenvalue weighted by Crippen LogP contribution is -2.10. The lowest BCUT2D eigenvalue weighted by molar-refractivity contribution is -0.141. The normalized spacial score (nSPS) is 11.8. The summed E-state index contributed by atoms with van der Waals surface area (Å²) in [4.78, 5) is 11.0. The third-order valence-corrected chi connectivity index (χ3v) is 5.11. The van der Waals surface area contributed by atoms with Gasteiger partial charge in [-0.2, -0.15) is 0 Å². The van der Waals surface area contributed by atoms with Gasteiger partial charge in [-0.05, 0) is 59.7 Å². The molecule has 0 aromatic heterocycles. The Morgan fingerprint density at radius 2 is 1.75 bits per heavy atom. The molecule has 0 amide bonds. The smallest absolute Gasteiger partial charge is 0.306 e. The Morgan fingerprint density at radius 1 is 1.00 bits per heavy atom. The van der Waals surface area contributed by atoms with Crippen molar-refractivity contribution >= 4 is 5.97 Å². The number of carboxylic acids is 1. The molecule has 144 valence electrons. The highest BCUT2D eigenvalue weighted by Gasteiger charge is 2.11. The van der Waals surface area contributed by atoms with Gasteiger partial charge in [-0.3, -0.25) is 4.79 Å². The number of hydrogen-bond acceptors (Lipinski definition) is 2. The van der Waals surface area contributed by atoms with Gasteiger partial charge in [0.1, 0.15) is 12.4 Å². The molecule has 0 spiro atoms. The fourth-order valence-electron chi connectivity index (χ4n) is 3.23. The number of aliphatic carboxylic acids is 1. The number of carboxylic acid groups (broad SMARTS) is 1. The number of rotatable bonds is 8. The fraction of sp³-hybridized carbons (Fsp3) is 0.240. The molecule has 0 bridgehead atoms. The summed E-state index contributed by atoms with van der Waals surface area (Å²) in [6, 6.07) is 24.6. The lowest BCUT2D eigenvalue weighted by Gasteiger charge is -2.13. The van der Waals surface area contributed by atoms with Gasteiger partial charge in [-0.25, -0.2) is 0 Å². The van der Waals surface area contributed by atoms with Crippen molar-refractivity contribution in [3.05, 3.63) is 89.5 Å². The average molecular weight is 374 g/mol. The minimum absolute atomic E-state index is 0.340. The minimum atomic E-state index is -0.749. The SMILES string of the molecule is Cc1c(COc2cccc(CC[C@@H](C)C(=O)O)c2)cccc1-c1ccccc1. The second kappa shape index (κ2) is 9.23. The van der Waals surface area contributed by atoms with Crippen LogP contribution in [0.1, 0.15) is 30.0 Å². The second-order valence-corrected chi connectivity index (χ2v) is 7.17. The molecule has 3 aromatic rings. The Hall–Kier alpha value is -3.07. The van der Waals surface area contributed by atoms with Crippen LogP contribution < -0.4 is 4.74 Å². The van der Waals surface area contributed by atoms with Gasteiger partial charge in [-0.15, -0.1) is 0 Å². The standard InChI is InChI=1S/C25H26O3/c1-18(25(26)27)14-15-20-8-6-12-23(16-20)28-17-22-11-7-13-24(19(22)2)21-9-4-3-5-10-21/h3-13,16,18H,14-15,17H2,1-2H3,(H,26,27)/t18-/m1/s1. The molecule has 0 aliphatic carbocycles. The van der Waals surface area contributed by atoms with E-state index in [4.69, 9.17) is 9.84 Å². The van der Waals surface area contributed by atoms with E-state index in [1.54, 1.807) is 6.92 Å². The van der Waals surface area contributed by atoms with Crippen LogP contribution in [0.5, 0.6) is 5.75 Å². The molecule has 0 heterocycles. The maximum Gasteiger partial charge on any atom is 0.306 e. The molecule has 3 heteroatoms. The number of ether oxygens (including phenoxy) is 1. The highest BCUT2D eigenvalue weighted by atomic mass is 16.5. The Kier molecular flexibility index (Phi) is 6.49. The zero-order chi connectivity index (χ0) is 19.9. The molecule has 1 atom stereocenters. The average Bonchev–Trinajstić information content (AvgIpc) is 2.72. The topological polar surface area (TPSA) is 46.5 Å². The molecule has 0 fully saturated rings. The van der Waals surface area contributed by atoms with Crippen molar-refractivity contribution in [3.63, 3.8) is 0 Å². The molecule has 0 saturated heterocycles. The van der Waals surface area contributed by atoms with Crippen LogP contribution >= 0.6 is 0 Å². The van der Waals surface area contributed by atoms with E-state index in [2.05, 4.69) is 49.4 Å². The first kappa shape index (κ1) is 19.7. The van der Waals surface area contributed by atoms with Gasteiger partial charge in [-0.1, -0.05) is 67.6 Å². The lowest BCUT2D eigenvalue weighted by atomic mass is 9.97. The largest absolute Gasteiger partial charge is 0.489 e. The van der Waals surface area contributed by atoms with Crippen molar-refractivity contribution in [2.75, 3.05) is 0 Å². The first-order valence-electron chi connectivity index (χ1n) is 9.63. The Morgan fingerprint density at radius 3 is 2.50 bits per heavy atom. The van der Waals surface area contributed by atoms with Gasteiger partial charge in [0, 0.05) is 0 Å². The molecule has 3 rings (SSSR count). The summed E-state index contributed by atoms with van der Waals surface area (Å²) in [5, 5.41) is 9.03. The Labute approximate surface area is 166 Å². The van der Waals surface area contributed by atoms with Gasteiger partial charge in [0.25, 0.3) is 0 Å². The number of hydrogen-bond donors (Lipinski definition) is 1. The zero-order valence-corrected chi connectivity index (χ0v) is 16.4. The van der Waals surface area contributed by atoms with Crippen LogP contribution in [0, 0.1) is 12.8 Å². The van der Waals surface area contributed by atoms with Crippen LogP contribution in [-0.2, 0) is 17.8 Å². The van der Waals surface area contributed by atoms with Gasteiger partial charge in [0.2, 0.25) is 0 Å². The van der Waals surface area contributed by atoms with Gasteiger partial charge >= 0.3 is 5.97 Å². The summed E-state index contributed by atoms with van der Waals surface area (Å²) in [5.41, 5.74) is 5.90. The van der Waals surface area contributed by atoms with Crippen molar-refractivity contribution in [2.45, 2.75) is 33.3 Å². The third-order valence-electron chi connectivity index (χ3n) is 5.11. The molecule has 3 nitrogen and oxygen atoms in total. The molecule has 28 heavy (non-hydrogen) atoms. The third kappa shape index (κ3) is 5.01. The minimum Gasteiger partial charge on any atom is -0.489 e. The highest BCUT2D eigenvalue weighted by molar-refractivity contribution is 5.69. The van der Waals surface area contributed by atoms with Crippen LogP contribution in [0.2, 0.25) is 0 Å². The fourth-order valence-corrected chi connectivity index (χ4v) is 3.23. The summed E-state index contributed by atoms with van der Waals surface area (Å²) >= 11 is 0. The summed E-state index contributed by atoms with van der Waals surface area (Å²) in [6.07, 6.45) is 1.35. The predicted octanol–water partition coefficient (Wildman–Crippen LogP) is 5.89. The van der Waals surface area contributed by atoms with Crippen LogP contribution in [0.25, 0.3) is 11.1 Å². The number of benzene rings is 3. The monoisotopic (exact) mass is 374 g/mol. The van der Waals surface area contributed by atoms with E-state index in [0.717, 1.165) is 23.3 Å². The summed E-state index contributed by atoms with van der Waals surface area (Å²) in [6.45, 7) is 4.37. The summed E-state index contributed by atoms with van der Waals surface area (Å²) < 4.78 is 6.04. The maximum atomic E-state index is 11.0. The van der Waals surface area contributed by atoms with Crippen LogP contribution in [0.15, 0.2) is 72.8 Å². The van der Waals surface area contributed by atoms with Gasteiger partial charge in [0.15, 0.2) is 0 Å². The first-order valence-corrected chi connectivity index (χ1v) is 9.63. The number of aryl methyl sites for hydroxylation is 1. The van der Waals surface area contributed by atoms with E-state index in [1.165, 1.54) is 16.7 Å². The van der Waals surface area contributed by atoms with Crippen LogP contribution in [-0.4, -0.2) is 11.1 Å². The molecular weight excluding hydrogens is 348 g/mol. The van der Waals surface area contributed by atoms with Gasteiger partial charge in [0.05, 0.1) is 5.92 Å². The van der Waals surface area contributed by atoms with Crippen molar-refractivity contribution in [2.24, 2.45) is 5.92 Å². The highest BCUT2D eigenvalue weighted by Crippen LogP contribution is 2.26. The van der Waals surface area contributed by atoms with E-state index >= 15 is 0 Å². The molecule has 0 radical (unpaired) electrons. The summed E-state index contributed by atoms with van der Waals surface area (Å²) in [5.74, 6) is -0.279. The molecule has 0 aliphatic heterocycles. The van der Waals surface area contributed by atoms with E-state index in [9.17, 15) is 4.79 Å². The summed E-state index contributed by atoms with van der Waals surface area (Å²) in [7, 11) is 0. The first-order chi connectivity index (χ1) is 13.5. The quantitative estimate of drug-likeness (QED) is 0.534. The van der Waals surface area contributed by atoms with Crippen LogP contribution in [0.3, 0.4) is 0 Å². The molecule has 0 unspecified atom stereocenters.